The second-order valence-electron chi connectivity index (χ2n) is 5.16. The van der Waals surface area contributed by atoms with Crippen molar-refractivity contribution < 1.29 is 9.59 Å². The first-order chi connectivity index (χ1) is 9.85. The summed E-state index contributed by atoms with van der Waals surface area (Å²) in [7, 11) is 0. The second-order valence-corrected chi connectivity index (χ2v) is 5.57. The Kier molecular flexibility index (Phi) is 6.65. The molecule has 6 heteroatoms. The van der Waals surface area contributed by atoms with Gasteiger partial charge in [-0.1, -0.05) is 37.9 Å². The van der Waals surface area contributed by atoms with Crippen LogP contribution in [0, 0.1) is 12.8 Å². The van der Waals surface area contributed by atoms with Crippen molar-refractivity contribution in [2.24, 2.45) is 11.7 Å². The van der Waals surface area contributed by atoms with Gasteiger partial charge in [0.25, 0.3) is 0 Å². The van der Waals surface area contributed by atoms with Crippen LogP contribution < -0.4 is 16.4 Å². The summed E-state index contributed by atoms with van der Waals surface area (Å²) in [6, 6.07) is 4.72. The first-order valence-electron chi connectivity index (χ1n) is 6.94. The SMILES string of the molecule is CCC(C)C(N)C(=O)NCC(=O)Nc1ccc(C)cc1Cl. The van der Waals surface area contributed by atoms with Crippen molar-refractivity contribution in [3.63, 3.8) is 0 Å². The Balaban J connectivity index is 2.49. The Morgan fingerprint density at radius 2 is 2.05 bits per heavy atom. The molecule has 1 rings (SSSR count). The van der Waals surface area contributed by atoms with Gasteiger partial charge in [0, 0.05) is 0 Å². The van der Waals surface area contributed by atoms with Crippen LogP contribution in [0.4, 0.5) is 5.69 Å². The van der Waals surface area contributed by atoms with E-state index in [2.05, 4.69) is 10.6 Å². The van der Waals surface area contributed by atoms with Crippen molar-refractivity contribution in [1.29, 1.82) is 0 Å². The van der Waals surface area contributed by atoms with E-state index in [1.807, 2.05) is 26.8 Å². The Hall–Kier alpha value is -1.59. The Labute approximate surface area is 130 Å². The van der Waals surface area contributed by atoms with Crippen molar-refractivity contribution >= 4 is 29.1 Å². The zero-order valence-electron chi connectivity index (χ0n) is 12.6. The molecule has 0 bridgehead atoms. The number of amides is 2. The molecule has 1 aromatic rings. The fourth-order valence-corrected chi connectivity index (χ4v) is 2.00. The minimum absolute atomic E-state index is 0.0691. The van der Waals surface area contributed by atoms with Gasteiger partial charge in [-0.3, -0.25) is 9.59 Å². The van der Waals surface area contributed by atoms with Crippen molar-refractivity contribution in [3.8, 4) is 0 Å². The number of carbonyl (C=O) groups excluding carboxylic acids is 2. The summed E-state index contributed by atoms with van der Waals surface area (Å²) in [5.41, 5.74) is 7.31. The number of hydrogen-bond acceptors (Lipinski definition) is 3. The lowest BCUT2D eigenvalue weighted by Gasteiger charge is -2.17. The van der Waals surface area contributed by atoms with Gasteiger partial charge in [0.1, 0.15) is 0 Å². The average Bonchev–Trinajstić information content (AvgIpc) is 2.46. The molecule has 1 aromatic carbocycles. The van der Waals surface area contributed by atoms with Crippen molar-refractivity contribution in [2.45, 2.75) is 33.2 Å². The number of nitrogens with two attached hydrogens (primary N) is 1. The molecule has 0 aliphatic rings. The maximum Gasteiger partial charge on any atom is 0.243 e. The van der Waals surface area contributed by atoms with Gasteiger partial charge in [0.15, 0.2) is 0 Å². The molecule has 2 unspecified atom stereocenters. The minimum atomic E-state index is -0.606. The van der Waals surface area contributed by atoms with Gasteiger partial charge >= 0.3 is 0 Å². The topological polar surface area (TPSA) is 84.2 Å². The van der Waals surface area contributed by atoms with Crippen LogP contribution in [-0.4, -0.2) is 24.4 Å². The molecule has 5 nitrogen and oxygen atoms in total. The maximum atomic E-state index is 11.8. The van der Waals surface area contributed by atoms with E-state index in [-0.39, 0.29) is 24.3 Å². The third kappa shape index (κ3) is 5.36. The van der Waals surface area contributed by atoms with E-state index in [4.69, 9.17) is 17.3 Å². The molecule has 4 N–H and O–H groups in total. The number of anilines is 1. The first-order valence-corrected chi connectivity index (χ1v) is 7.32. The Morgan fingerprint density at radius 1 is 1.38 bits per heavy atom. The molecule has 116 valence electrons. The summed E-state index contributed by atoms with van der Waals surface area (Å²) in [5.74, 6) is -0.598. The summed E-state index contributed by atoms with van der Waals surface area (Å²) >= 11 is 6.03. The van der Waals surface area contributed by atoms with Gasteiger partial charge < -0.3 is 16.4 Å². The maximum absolute atomic E-state index is 11.8. The molecule has 0 aliphatic heterocycles. The van der Waals surface area contributed by atoms with E-state index < -0.39 is 6.04 Å². The summed E-state index contributed by atoms with van der Waals surface area (Å²) in [4.78, 5) is 23.6. The fraction of sp³-hybridized carbons (Fsp3) is 0.467. The van der Waals surface area contributed by atoms with Crippen LogP contribution in [0.2, 0.25) is 5.02 Å². The molecule has 0 saturated carbocycles. The second kappa shape index (κ2) is 8.00. The van der Waals surface area contributed by atoms with Crippen molar-refractivity contribution in [2.75, 3.05) is 11.9 Å². The largest absolute Gasteiger partial charge is 0.346 e. The molecule has 0 saturated heterocycles. The van der Waals surface area contributed by atoms with E-state index in [1.165, 1.54) is 0 Å². The highest BCUT2D eigenvalue weighted by atomic mass is 35.5. The summed E-state index contributed by atoms with van der Waals surface area (Å²) in [6.07, 6.45) is 0.805. The third-order valence-electron chi connectivity index (χ3n) is 3.38. The van der Waals surface area contributed by atoms with Crippen LogP contribution in [0.5, 0.6) is 0 Å². The lowest BCUT2D eigenvalue weighted by Crippen LogP contribution is -2.46. The number of hydrogen-bond donors (Lipinski definition) is 3. The Bertz CT molecular complexity index is 520. The van der Waals surface area contributed by atoms with E-state index in [1.54, 1.807) is 12.1 Å². The zero-order valence-corrected chi connectivity index (χ0v) is 13.3. The van der Waals surface area contributed by atoms with Crippen LogP contribution in [0.3, 0.4) is 0 Å². The predicted octanol–water partition coefficient (Wildman–Crippen LogP) is 2.08. The van der Waals surface area contributed by atoms with Gasteiger partial charge in [-0.15, -0.1) is 0 Å². The lowest BCUT2D eigenvalue weighted by atomic mass is 9.99. The van der Waals surface area contributed by atoms with Gasteiger partial charge in [0.2, 0.25) is 11.8 Å². The minimum Gasteiger partial charge on any atom is -0.346 e. The van der Waals surface area contributed by atoms with Gasteiger partial charge in [0.05, 0.1) is 23.3 Å². The number of nitrogens with one attached hydrogen (secondary N) is 2. The number of benzene rings is 1. The van der Waals surface area contributed by atoms with Crippen LogP contribution in [0.1, 0.15) is 25.8 Å². The highest BCUT2D eigenvalue weighted by Gasteiger charge is 2.19. The molecule has 21 heavy (non-hydrogen) atoms. The highest BCUT2D eigenvalue weighted by Crippen LogP contribution is 2.22. The molecule has 0 spiro atoms. The molecule has 2 atom stereocenters. The first kappa shape index (κ1) is 17.5. The molecule has 2 amide bonds. The number of carbonyl (C=O) groups is 2. The third-order valence-corrected chi connectivity index (χ3v) is 3.69. The average molecular weight is 312 g/mol. The fourth-order valence-electron chi connectivity index (χ4n) is 1.71. The van der Waals surface area contributed by atoms with Crippen LogP contribution in [-0.2, 0) is 9.59 Å². The summed E-state index contributed by atoms with van der Waals surface area (Å²) < 4.78 is 0. The van der Waals surface area contributed by atoms with E-state index >= 15 is 0 Å². The van der Waals surface area contributed by atoms with Gasteiger partial charge in [-0.05, 0) is 30.5 Å². The number of halogens is 1. The molecule has 0 radical (unpaired) electrons. The van der Waals surface area contributed by atoms with Gasteiger partial charge in [-0.2, -0.15) is 0 Å². The van der Waals surface area contributed by atoms with Crippen LogP contribution in [0.15, 0.2) is 18.2 Å². The van der Waals surface area contributed by atoms with Crippen LogP contribution in [0.25, 0.3) is 0 Å². The van der Waals surface area contributed by atoms with Gasteiger partial charge in [-0.25, -0.2) is 0 Å². The van der Waals surface area contributed by atoms with Crippen LogP contribution >= 0.6 is 11.6 Å². The van der Waals surface area contributed by atoms with E-state index in [0.717, 1.165) is 12.0 Å². The van der Waals surface area contributed by atoms with E-state index in [0.29, 0.717) is 10.7 Å². The zero-order chi connectivity index (χ0) is 16.0. The quantitative estimate of drug-likeness (QED) is 0.752. The summed E-state index contributed by atoms with van der Waals surface area (Å²) in [6.45, 7) is 5.64. The Morgan fingerprint density at radius 3 is 2.62 bits per heavy atom. The smallest absolute Gasteiger partial charge is 0.243 e. The predicted molar refractivity (Wildman–Crippen MR) is 85.3 cm³/mol. The normalized spacial score (nSPS) is 13.4. The molecule has 0 heterocycles. The monoisotopic (exact) mass is 311 g/mol. The molecular formula is C15H22ClN3O2. The summed E-state index contributed by atoms with van der Waals surface area (Å²) in [5, 5.41) is 5.64. The van der Waals surface area contributed by atoms with E-state index in [9.17, 15) is 9.59 Å². The molecule has 0 aliphatic carbocycles. The molecular weight excluding hydrogens is 290 g/mol. The molecule has 0 fully saturated rings. The lowest BCUT2D eigenvalue weighted by molar-refractivity contribution is -0.125. The molecule has 0 aromatic heterocycles. The van der Waals surface area contributed by atoms with Crippen molar-refractivity contribution in [3.05, 3.63) is 28.8 Å². The highest BCUT2D eigenvalue weighted by molar-refractivity contribution is 6.33. The number of aryl methyl sites for hydroxylation is 1. The standard InChI is InChI=1S/C15H22ClN3O2/c1-4-10(3)14(17)15(21)18-8-13(20)19-12-6-5-9(2)7-11(12)16/h5-7,10,14H,4,8,17H2,1-3H3,(H,18,21)(H,19,20). The van der Waals surface area contributed by atoms with Crippen molar-refractivity contribution in [1.82, 2.24) is 5.32 Å². The number of rotatable bonds is 6.